The van der Waals surface area contributed by atoms with Gasteiger partial charge in [0, 0.05) is 45.0 Å². The first-order valence-corrected chi connectivity index (χ1v) is 10.9. The number of aryl methyl sites for hydroxylation is 1. The topological polar surface area (TPSA) is 95.5 Å². The molecular formula is C19H23N5O3S. The Balaban J connectivity index is 1.59. The fourth-order valence-electron chi connectivity index (χ4n) is 3.83. The zero-order valence-corrected chi connectivity index (χ0v) is 16.3. The highest BCUT2D eigenvalue weighted by Crippen LogP contribution is 2.34. The van der Waals surface area contributed by atoms with Crippen LogP contribution in [-0.2, 0) is 16.4 Å². The molecule has 2 aliphatic rings. The molecule has 1 aromatic carbocycles. The maximum Gasteiger partial charge on any atom is 0.270 e. The summed E-state index contributed by atoms with van der Waals surface area (Å²) in [6.45, 7) is 2.94. The predicted octanol–water partition coefficient (Wildman–Crippen LogP) is 0.875. The van der Waals surface area contributed by atoms with Crippen molar-refractivity contribution in [1.29, 1.82) is 0 Å². The number of nitrogens with zero attached hydrogens (tertiary/aromatic N) is 4. The Morgan fingerprint density at radius 3 is 2.50 bits per heavy atom. The minimum atomic E-state index is -3.85. The summed E-state index contributed by atoms with van der Waals surface area (Å²) < 4.78 is 27.4. The smallest absolute Gasteiger partial charge is 0.270 e. The van der Waals surface area contributed by atoms with E-state index in [9.17, 15) is 13.2 Å². The van der Waals surface area contributed by atoms with Crippen LogP contribution in [0.15, 0.2) is 47.6 Å². The van der Waals surface area contributed by atoms with Gasteiger partial charge in [-0.15, -0.1) is 0 Å². The number of carbonyl (C=O) groups excluding carboxylic acids is 1. The molecule has 4 rings (SSSR count). The quantitative estimate of drug-likeness (QED) is 0.767. The molecule has 9 heteroatoms. The fourth-order valence-corrected chi connectivity index (χ4v) is 5.60. The van der Waals surface area contributed by atoms with Crippen molar-refractivity contribution in [3.05, 3.63) is 54.1 Å². The average molecular weight is 401 g/mol. The van der Waals surface area contributed by atoms with Crippen LogP contribution in [0.1, 0.15) is 29.0 Å². The van der Waals surface area contributed by atoms with Crippen molar-refractivity contribution in [2.24, 2.45) is 0 Å². The Labute approximate surface area is 164 Å². The van der Waals surface area contributed by atoms with Crippen molar-refractivity contribution < 1.29 is 13.2 Å². The molecule has 0 radical (unpaired) electrons. The number of benzene rings is 1. The van der Waals surface area contributed by atoms with Crippen LogP contribution in [0.2, 0.25) is 0 Å². The summed E-state index contributed by atoms with van der Waals surface area (Å²) in [5.41, 5.74) is 0.258. The number of amides is 1. The molecule has 0 aliphatic carbocycles. The molecule has 1 amide bonds. The molecule has 1 saturated heterocycles. The van der Waals surface area contributed by atoms with Crippen LogP contribution < -0.4 is 5.32 Å². The van der Waals surface area contributed by atoms with Gasteiger partial charge in [-0.05, 0) is 31.0 Å². The molecule has 148 valence electrons. The molecule has 1 atom stereocenters. The summed E-state index contributed by atoms with van der Waals surface area (Å²) in [6, 6.07) is 8.21. The second kappa shape index (κ2) is 7.94. The third-order valence-corrected chi connectivity index (χ3v) is 7.02. The van der Waals surface area contributed by atoms with Crippen molar-refractivity contribution in [3.63, 3.8) is 0 Å². The first kappa shape index (κ1) is 19.0. The van der Waals surface area contributed by atoms with Crippen LogP contribution in [-0.4, -0.2) is 65.8 Å². The summed E-state index contributed by atoms with van der Waals surface area (Å²) in [7, 11) is -3.85. The maximum absolute atomic E-state index is 13.2. The molecule has 3 heterocycles. The number of aromatic nitrogens is 2. The maximum atomic E-state index is 13.2. The van der Waals surface area contributed by atoms with Gasteiger partial charge in [0.15, 0.2) is 0 Å². The van der Waals surface area contributed by atoms with Crippen LogP contribution in [0.25, 0.3) is 0 Å². The number of fused-ring (bicyclic) bond motifs is 1. The molecule has 0 saturated carbocycles. The van der Waals surface area contributed by atoms with Crippen LogP contribution in [0.3, 0.4) is 0 Å². The highest BCUT2D eigenvalue weighted by atomic mass is 32.2. The molecule has 1 fully saturated rings. The Morgan fingerprint density at radius 2 is 1.79 bits per heavy atom. The van der Waals surface area contributed by atoms with E-state index in [2.05, 4.69) is 20.2 Å². The van der Waals surface area contributed by atoms with Crippen molar-refractivity contribution in [2.45, 2.75) is 30.3 Å². The second-order valence-corrected chi connectivity index (χ2v) is 8.71. The predicted molar refractivity (Wildman–Crippen MR) is 103 cm³/mol. The molecule has 28 heavy (non-hydrogen) atoms. The van der Waals surface area contributed by atoms with Gasteiger partial charge < -0.3 is 5.32 Å². The van der Waals surface area contributed by atoms with Gasteiger partial charge in [-0.1, -0.05) is 12.1 Å². The van der Waals surface area contributed by atoms with Gasteiger partial charge in [0.2, 0.25) is 0 Å². The van der Waals surface area contributed by atoms with Crippen molar-refractivity contribution in [1.82, 2.24) is 24.5 Å². The fraction of sp³-hybridized carbons (Fsp3) is 0.421. The summed E-state index contributed by atoms with van der Waals surface area (Å²) in [4.78, 5) is 23.7. The highest BCUT2D eigenvalue weighted by Gasteiger charge is 2.46. The molecule has 1 unspecified atom stereocenters. The Hall–Kier alpha value is -2.36. The number of rotatable bonds is 6. The first-order chi connectivity index (χ1) is 13.6. The molecule has 8 nitrogen and oxygen atoms in total. The van der Waals surface area contributed by atoms with E-state index in [1.807, 2.05) is 0 Å². The molecule has 2 aliphatic heterocycles. The Kier molecular flexibility index (Phi) is 5.38. The third-order valence-electron chi connectivity index (χ3n) is 5.18. The van der Waals surface area contributed by atoms with E-state index in [-0.39, 0.29) is 10.5 Å². The Morgan fingerprint density at radius 1 is 1.07 bits per heavy atom. The van der Waals surface area contributed by atoms with Crippen LogP contribution >= 0.6 is 0 Å². The number of hydrogen-bond donors (Lipinski definition) is 1. The first-order valence-electron chi connectivity index (χ1n) is 9.47. The van der Waals surface area contributed by atoms with Gasteiger partial charge >= 0.3 is 0 Å². The minimum absolute atomic E-state index is 0.103. The van der Waals surface area contributed by atoms with E-state index in [1.165, 1.54) is 6.07 Å². The lowest BCUT2D eigenvalue weighted by Gasteiger charge is -2.39. The van der Waals surface area contributed by atoms with Gasteiger partial charge in [0.1, 0.15) is 16.9 Å². The van der Waals surface area contributed by atoms with Crippen molar-refractivity contribution >= 4 is 15.9 Å². The van der Waals surface area contributed by atoms with E-state index in [0.29, 0.717) is 32.4 Å². The lowest BCUT2D eigenvalue weighted by Crippen LogP contribution is -2.56. The van der Waals surface area contributed by atoms with Crippen LogP contribution in [0.5, 0.6) is 0 Å². The number of hydrogen-bond acceptors (Lipinski definition) is 7. The summed E-state index contributed by atoms with van der Waals surface area (Å²) >= 11 is 0. The molecule has 0 spiro atoms. The normalized spacial score (nSPS) is 20.1. The summed E-state index contributed by atoms with van der Waals surface area (Å²) in [6.07, 6.45) is 4.75. The number of sulfonamides is 1. The average Bonchev–Trinajstić information content (AvgIpc) is 2.93. The van der Waals surface area contributed by atoms with Crippen molar-refractivity contribution in [2.75, 3.05) is 26.2 Å². The van der Waals surface area contributed by atoms with E-state index in [4.69, 9.17) is 0 Å². The molecule has 1 aromatic heterocycles. The van der Waals surface area contributed by atoms with E-state index in [0.717, 1.165) is 23.2 Å². The molecular weight excluding hydrogens is 378 g/mol. The molecule has 2 aromatic rings. The standard InChI is InChI=1S/C19H23N5O3S/c25-19-15-5-1-2-6-16(15)28(26,27)24(19)18(23-13-11-20-12-14-23)8-3-7-17-21-9-4-10-22-17/h1-2,4-6,9-10,18,20H,3,7-8,11-14H2. The van der Waals surface area contributed by atoms with Gasteiger partial charge in [-0.3, -0.25) is 9.69 Å². The Bertz CT molecular complexity index is 945. The minimum Gasteiger partial charge on any atom is -0.314 e. The van der Waals surface area contributed by atoms with E-state index < -0.39 is 22.1 Å². The second-order valence-electron chi connectivity index (χ2n) is 6.93. The zero-order valence-electron chi connectivity index (χ0n) is 15.5. The third kappa shape index (κ3) is 3.52. The van der Waals surface area contributed by atoms with Crippen LogP contribution in [0.4, 0.5) is 0 Å². The zero-order chi connectivity index (χ0) is 19.6. The summed E-state index contributed by atoms with van der Waals surface area (Å²) in [5.74, 6) is 0.288. The van der Waals surface area contributed by atoms with Gasteiger partial charge in [-0.2, -0.15) is 0 Å². The number of nitrogens with one attached hydrogen (secondary N) is 1. The van der Waals surface area contributed by atoms with E-state index in [1.54, 1.807) is 36.7 Å². The highest BCUT2D eigenvalue weighted by molar-refractivity contribution is 7.90. The van der Waals surface area contributed by atoms with Gasteiger partial charge in [0.25, 0.3) is 15.9 Å². The van der Waals surface area contributed by atoms with Crippen LogP contribution in [0, 0.1) is 0 Å². The largest absolute Gasteiger partial charge is 0.314 e. The van der Waals surface area contributed by atoms with Gasteiger partial charge in [0.05, 0.1) is 5.56 Å². The monoisotopic (exact) mass is 401 g/mol. The lowest BCUT2D eigenvalue weighted by atomic mass is 10.1. The van der Waals surface area contributed by atoms with Gasteiger partial charge in [-0.25, -0.2) is 22.7 Å². The lowest BCUT2D eigenvalue weighted by molar-refractivity contribution is 0.0544. The molecule has 1 N–H and O–H groups in total. The van der Waals surface area contributed by atoms with E-state index >= 15 is 0 Å². The SMILES string of the molecule is O=C1c2ccccc2S(=O)(=O)N1C(CCCc1ncccn1)N1CCNCC1. The number of piperazine rings is 1. The molecule has 0 bridgehead atoms. The summed E-state index contributed by atoms with van der Waals surface area (Å²) in [5, 5.41) is 3.28. The van der Waals surface area contributed by atoms with Crippen molar-refractivity contribution in [3.8, 4) is 0 Å². The number of carbonyl (C=O) groups is 1.